The first-order valence-corrected chi connectivity index (χ1v) is 9.46. The molecule has 0 radical (unpaired) electrons. The number of aromatic nitrogens is 1. The second-order valence-electron chi connectivity index (χ2n) is 6.56. The lowest BCUT2D eigenvalue weighted by Gasteiger charge is -2.15. The number of hydrogen-bond acceptors (Lipinski definition) is 5. The molecule has 3 rings (SSSR count). The average molecular weight is 397 g/mol. The zero-order valence-corrected chi connectivity index (χ0v) is 16.4. The quantitative estimate of drug-likeness (QED) is 0.565. The van der Waals surface area contributed by atoms with E-state index < -0.39 is 6.04 Å². The summed E-state index contributed by atoms with van der Waals surface area (Å²) < 4.78 is 24.0. The number of rotatable bonds is 9. The van der Waals surface area contributed by atoms with Crippen LogP contribution in [0.4, 0.5) is 10.4 Å². The van der Waals surface area contributed by atoms with Crippen LogP contribution in [0.5, 0.6) is 5.75 Å². The highest BCUT2D eigenvalue weighted by atomic mass is 19.1. The summed E-state index contributed by atoms with van der Waals surface area (Å²) >= 11 is 0. The third-order valence-corrected chi connectivity index (χ3v) is 4.54. The largest absolute Gasteiger partial charge is 0.489 e. The number of carbonyl (C=O) groups excluding carboxylic acids is 1. The SMILES string of the molecule is CC/C(=C/F)COc1ccc2nc(NC(Cc3ccccc3)C(=O)NC)oc2c1. The standard InChI is InChI=1S/C22H24FN3O3/c1-3-15(13-23)14-28-17-9-10-18-20(12-17)29-22(25-18)26-19(21(27)24-2)11-16-7-5-4-6-8-16/h4-10,12-13,19H,3,11,14H2,1-2H3,(H,24,27)(H,25,26)/b15-13-. The third-order valence-electron chi connectivity index (χ3n) is 4.54. The first-order chi connectivity index (χ1) is 14.1. The number of hydrogen-bond donors (Lipinski definition) is 2. The van der Waals surface area contributed by atoms with Gasteiger partial charge in [0.1, 0.15) is 23.9 Å². The van der Waals surface area contributed by atoms with Gasteiger partial charge in [-0.3, -0.25) is 4.79 Å². The third kappa shape index (κ3) is 5.34. The van der Waals surface area contributed by atoms with Crippen molar-refractivity contribution in [2.24, 2.45) is 0 Å². The average Bonchev–Trinajstić information content (AvgIpc) is 3.15. The molecule has 0 fully saturated rings. The number of amides is 1. The number of carbonyl (C=O) groups is 1. The van der Waals surface area contributed by atoms with Crippen LogP contribution >= 0.6 is 0 Å². The first kappa shape index (κ1) is 20.4. The van der Waals surface area contributed by atoms with E-state index in [0.717, 1.165) is 5.56 Å². The van der Waals surface area contributed by atoms with Gasteiger partial charge in [-0.1, -0.05) is 37.3 Å². The Hall–Kier alpha value is -3.35. The Morgan fingerprint density at radius 1 is 1.28 bits per heavy atom. The fourth-order valence-electron chi connectivity index (χ4n) is 2.83. The van der Waals surface area contributed by atoms with E-state index in [-0.39, 0.29) is 18.5 Å². The van der Waals surface area contributed by atoms with Crippen molar-refractivity contribution >= 4 is 23.0 Å². The van der Waals surface area contributed by atoms with Gasteiger partial charge in [-0.25, -0.2) is 4.39 Å². The second-order valence-corrected chi connectivity index (χ2v) is 6.56. The van der Waals surface area contributed by atoms with Crippen molar-refractivity contribution in [2.75, 3.05) is 19.0 Å². The highest BCUT2D eigenvalue weighted by Gasteiger charge is 2.20. The Morgan fingerprint density at radius 2 is 2.07 bits per heavy atom. The zero-order chi connectivity index (χ0) is 20.6. The first-order valence-electron chi connectivity index (χ1n) is 9.46. The van der Waals surface area contributed by atoms with Gasteiger partial charge in [0.15, 0.2) is 5.58 Å². The van der Waals surface area contributed by atoms with Crippen LogP contribution in [0.3, 0.4) is 0 Å². The summed E-state index contributed by atoms with van der Waals surface area (Å²) in [6, 6.07) is 14.6. The van der Waals surface area contributed by atoms with E-state index in [1.807, 2.05) is 37.3 Å². The molecule has 2 N–H and O–H groups in total. The minimum atomic E-state index is -0.534. The monoisotopic (exact) mass is 397 g/mol. The number of nitrogens with one attached hydrogen (secondary N) is 2. The molecule has 0 saturated carbocycles. The molecular weight excluding hydrogens is 373 g/mol. The van der Waals surface area contributed by atoms with E-state index in [0.29, 0.717) is 41.6 Å². The number of anilines is 1. The van der Waals surface area contributed by atoms with Crippen LogP contribution in [0.15, 0.2) is 64.9 Å². The van der Waals surface area contributed by atoms with E-state index in [1.165, 1.54) is 0 Å². The summed E-state index contributed by atoms with van der Waals surface area (Å²) in [4.78, 5) is 16.7. The molecule has 2 aromatic carbocycles. The summed E-state index contributed by atoms with van der Waals surface area (Å²) in [5.41, 5.74) is 2.74. The summed E-state index contributed by atoms with van der Waals surface area (Å²) in [5, 5.41) is 5.73. The molecule has 152 valence electrons. The van der Waals surface area contributed by atoms with Crippen LogP contribution in [0.25, 0.3) is 11.1 Å². The number of benzene rings is 2. The Bertz CT molecular complexity index is 985. The lowest BCUT2D eigenvalue weighted by molar-refractivity contribution is -0.121. The molecular formula is C22H24FN3O3. The van der Waals surface area contributed by atoms with Crippen molar-refractivity contribution in [2.45, 2.75) is 25.8 Å². The maximum absolute atomic E-state index is 12.7. The van der Waals surface area contributed by atoms with Gasteiger partial charge in [-0.2, -0.15) is 4.98 Å². The molecule has 1 heterocycles. The zero-order valence-electron chi connectivity index (χ0n) is 16.4. The minimum absolute atomic E-state index is 0.162. The number of fused-ring (bicyclic) bond motifs is 1. The normalized spacial score (nSPS) is 12.6. The predicted octanol–water partition coefficient (Wildman–Crippen LogP) is 4.24. The van der Waals surface area contributed by atoms with Gasteiger partial charge in [-0.05, 0) is 29.7 Å². The molecule has 0 bridgehead atoms. The summed E-state index contributed by atoms with van der Waals surface area (Å²) in [5.74, 6) is 0.394. The van der Waals surface area contributed by atoms with Crippen LogP contribution in [0.1, 0.15) is 18.9 Å². The van der Waals surface area contributed by atoms with E-state index >= 15 is 0 Å². The molecule has 3 aromatic rings. The molecule has 6 nitrogen and oxygen atoms in total. The predicted molar refractivity (Wildman–Crippen MR) is 111 cm³/mol. The molecule has 0 aliphatic rings. The number of nitrogens with zero attached hydrogens (tertiary/aromatic N) is 1. The van der Waals surface area contributed by atoms with Crippen molar-refractivity contribution in [1.82, 2.24) is 10.3 Å². The molecule has 0 saturated heterocycles. The van der Waals surface area contributed by atoms with Gasteiger partial charge in [0.25, 0.3) is 6.01 Å². The smallest absolute Gasteiger partial charge is 0.296 e. The van der Waals surface area contributed by atoms with Crippen LogP contribution in [-0.4, -0.2) is 30.6 Å². The molecule has 0 spiro atoms. The Balaban J connectivity index is 1.74. The lowest BCUT2D eigenvalue weighted by atomic mass is 10.1. The molecule has 1 unspecified atom stereocenters. The minimum Gasteiger partial charge on any atom is -0.489 e. The van der Waals surface area contributed by atoms with E-state index in [4.69, 9.17) is 9.15 Å². The van der Waals surface area contributed by atoms with Crippen molar-refractivity contribution in [3.63, 3.8) is 0 Å². The number of ether oxygens (including phenoxy) is 1. The van der Waals surface area contributed by atoms with E-state index in [1.54, 1.807) is 25.2 Å². The maximum atomic E-state index is 12.7. The number of likely N-dealkylation sites (N-methyl/N-ethyl adjacent to an activating group) is 1. The molecule has 0 aliphatic carbocycles. The highest BCUT2D eigenvalue weighted by Crippen LogP contribution is 2.25. The van der Waals surface area contributed by atoms with Crippen LogP contribution < -0.4 is 15.4 Å². The van der Waals surface area contributed by atoms with Crippen molar-refractivity contribution < 1.29 is 18.3 Å². The molecule has 29 heavy (non-hydrogen) atoms. The number of oxazole rings is 1. The molecule has 1 atom stereocenters. The fourth-order valence-corrected chi connectivity index (χ4v) is 2.83. The molecule has 1 aromatic heterocycles. The Kier molecular flexibility index (Phi) is 6.84. The molecule has 7 heteroatoms. The molecule has 1 amide bonds. The maximum Gasteiger partial charge on any atom is 0.296 e. The summed E-state index contributed by atoms with van der Waals surface area (Å²) in [6.45, 7) is 2.04. The van der Waals surface area contributed by atoms with Gasteiger partial charge >= 0.3 is 0 Å². The van der Waals surface area contributed by atoms with Gasteiger partial charge in [0.05, 0.1) is 6.33 Å². The van der Waals surface area contributed by atoms with Gasteiger partial charge in [-0.15, -0.1) is 0 Å². The van der Waals surface area contributed by atoms with Crippen LogP contribution in [0.2, 0.25) is 0 Å². The fraction of sp³-hybridized carbons (Fsp3) is 0.273. The second kappa shape index (κ2) is 9.73. The van der Waals surface area contributed by atoms with Gasteiger partial charge in [0, 0.05) is 19.5 Å². The van der Waals surface area contributed by atoms with Crippen LogP contribution in [-0.2, 0) is 11.2 Å². The highest BCUT2D eigenvalue weighted by molar-refractivity contribution is 5.84. The van der Waals surface area contributed by atoms with Gasteiger partial charge in [0.2, 0.25) is 5.91 Å². The van der Waals surface area contributed by atoms with E-state index in [2.05, 4.69) is 15.6 Å². The van der Waals surface area contributed by atoms with Crippen LogP contribution in [0, 0.1) is 0 Å². The lowest BCUT2D eigenvalue weighted by Crippen LogP contribution is -2.39. The Labute approximate surface area is 168 Å². The van der Waals surface area contributed by atoms with Crippen molar-refractivity contribution in [3.8, 4) is 5.75 Å². The summed E-state index contributed by atoms with van der Waals surface area (Å²) in [7, 11) is 1.59. The molecule has 0 aliphatic heterocycles. The number of halogens is 1. The van der Waals surface area contributed by atoms with Crippen molar-refractivity contribution in [1.29, 1.82) is 0 Å². The Morgan fingerprint density at radius 3 is 2.76 bits per heavy atom. The van der Waals surface area contributed by atoms with Gasteiger partial charge < -0.3 is 19.8 Å². The summed E-state index contributed by atoms with van der Waals surface area (Å²) in [6.07, 6.45) is 1.64. The van der Waals surface area contributed by atoms with Crippen molar-refractivity contribution in [3.05, 3.63) is 66.0 Å². The topological polar surface area (TPSA) is 76.4 Å². The van der Waals surface area contributed by atoms with E-state index in [9.17, 15) is 9.18 Å².